The lowest BCUT2D eigenvalue weighted by molar-refractivity contribution is -0.182. The molecular formula is C74H80F6N6O16. The van der Waals surface area contributed by atoms with E-state index in [9.17, 15) is 84.2 Å². The van der Waals surface area contributed by atoms with Gasteiger partial charge < -0.3 is 30.8 Å². The molecule has 544 valence electrons. The van der Waals surface area contributed by atoms with Crippen molar-refractivity contribution < 1.29 is 105 Å². The van der Waals surface area contributed by atoms with Gasteiger partial charge in [-0.05, 0) is 87.0 Å². The van der Waals surface area contributed by atoms with Gasteiger partial charge in [0.05, 0.1) is 31.7 Å². The predicted octanol–water partition coefficient (Wildman–Crippen LogP) is 13.0. The van der Waals surface area contributed by atoms with Crippen LogP contribution in [0.5, 0.6) is 11.5 Å². The quantitative estimate of drug-likeness (QED) is 0.0241. The molecule has 0 amide bonds. The zero-order valence-corrected chi connectivity index (χ0v) is 57.2. The molecule has 0 saturated heterocycles. The number of phenolic OH excluding ortho intramolecular Hbond substituents is 2. The first-order valence-electron chi connectivity index (χ1n) is 30.7. The van der Waals surface area contributed by atoms with Crippen LogP contribution in [0, 0.1) is 10.8 Å². The van der Waals surface area contributed by atoms with Crippen LogP contribution in [0.15, 0.2) is 210 Å². The zero-order valence-electron chi connectivity index (χ0n) is 57.2. The number of rotatable bonds is 15. The van der Waals surface area contributed by atoms with Crippen LogP contribution in [0.25, 0.3) is 5.69 Å². The third-order valence-corrected chi connectivity index (χ3v) is 12.9. The van der Waals surface area contributed by atoms with Crippen LogP contribution in [-0.2, 0) is 38.4 Å². The molecule has 28 heteroatoms. The smallest absolute Gasteiger partial charge is 0.450 e. The first-order valence-corrected chi connectivity index (χ1v) is 30.7. The Morgan fingerprint density at radius 1 is 0.569 bits per heavy atom. The number of aromatic nitrogens is 3. The van der Waals surface area contributed by atoms with Crippen molar-refractivity contribution in [2.24, 2.45) is 20.8 Å². The number of dihydropyridines is 1. The fraction of sp³-hybridized carbons (Fsp3) is 0.284. The van der Waals surface area contributed by atoms with E-state index in [0.29, 0.717) is 23.2 Å². The summed E-state index contributed by atoms with van der Waals surface area (Å²) in [7, 11) is 1.67. The molecule has 2 atom stereocenters. The Balaban J connectivity index is 0.000000580. The van der Waals surface area contributed by atoms with Crippen molar-refractivity contribution in [3.63, 3.8) is 0 Å². The molecule has 102 heavy (non-hydrogen) atoms. The highest BCUT2D eigenvalue weighted by Gasteiger charge is 2.46. The number of ketones is 8. The monoisotopic (exact) mass is 1420 g/mol. The van der Waals surface area contributed by atoms with Gasteiger partial charge in [-0.3, -0.25) is 48.3 Å². The number of Topliss-reactive ketones (excluding diaryl/α,β-unsaturated/α-hetero) is 8. The van der Waals surface area contributed by atoms with Crippen LogP contribution in [0.2, 0.25) is 0 Å². The topological polar surface area (TPSA) is 356 Å². The molecule has 9 rings (SSSR count). The number of nitrogens with zero attached hydrogens (tertiary/aromatic N) is 5. The molecule has 0 radical (unpaired) electrons. The van der Waals surface area contributed by atoms with E-state index in [1.165, 1.54) is 26.1 Å². The first kappa shape index (κ1) is 88.3. The average molecular weight is 1420 g/mol. The predicted molar refractivity (Wildman–Crippen MR) is 369 cm³/mol. The van der Waals surface area contributed by atoms with E-state index in [1.807, 2.05) is 114 Å². The fourth-order valence-corrected chi connectivity index (χ4v) is 7.34. The molecule has 2 aromatic heterocycles. The van der Waals surface area contributed by atoms with Gasteiger partial charge in [-0.15, -0.1) is 0 Å². The minimum absolute atomic E-state index is 0.0149. The summed E-state index contributed by atoms with van der Waals surface area (Å²) in [6, 6.07) is 38.0. The summed E-state index contributed by atoms with van der Waals surface area (Å²) in [5.41, 5.74) is 3.22. The number of benzene rings is 4. The van der Waals surface area contributed by atoms with E-state index in [4.69, 9.17) is 20.4 Å². The average Bonchev–Trinajstić information content (AvgIpc) is 1.52. The van der Waals surface area contributed by atoms with Crippen LogP contribution < -0.4 is 5.32 Å². The standard InChI is InChI=1S/C15H12O2.C11H20O2.C10H9NO2.C9H8N2O.C8H9NO.C6H5NO2.C5H2F6O2.C5H7NO2.C5H8O2/c16-14(12-7-3-1-4-8-12)11-15(17)13-9-5-2-6-10-13;1-10(2,3)8(12)7-9(13)11(4,5)6;12-10(13)9-6-5-7-3-1-2-4-8(7)11-9;12-9-5-2-1-4-8(9)11-7-3-6-10-11;1-9-6-7-4-2-3-5-8(7)10;8-6(9)5-3-1-2-4-7-5;6-4(7,8)2(12)1-3(13)5(9,10)11;7-5(8)4-2-1-3-6-4;1-4(6)3-5(2)7/h1-10H,11H2;7H2,1-6H3;1-6,8,11H,(H,12,13);1-7,12H;2-6,10H,1H3;1-4H,(H,8,9);1H2;3-4H,1-2H2,(H,7,8);3H2,1-2H3. The first-order chi connectivity index (χ1) is 47.6. The molecule has 0 spiro atoms. The maximum Gasteiger partial charge on any atom is 0.450 e. The highest BCUT2D eigenvalue weighted by atomic mass is 19.4. The summed E-state index contributed by atoms with van der Waals surface area (Å²) >= 11 is 0. The van der Waals surface area contributed by atoms with E-state index < -0.39 is 65.1 Å². The van der Waals surface area contributed by atoms with E-state index in [0.717, 1.165) is 17.6 Å². The second-order valence-electron chi connectivity index (χ2n) is 23.5. The SMILES string of the molecule is CC(=O)CC(C)=O.CC(C)(C)C(=O)CC(=O)C(C)(C)C.CN=Cc1ccccc1O.O=C(CC(=O)C(F)(F)F)C(F)(F)F.O=C(CC(=O)c1ccccc1)c1ccccc1.O=C(O)C1=CC=C2C=CC=CC2N1.O=C(O)C1CCC=N1.O=C(O)c1ccccn1.Oc1ccccc1-n1cccn1. The minimum atomic E-state index is -5.40. The minimum Gasteiger partial charge on any atom is -0.507 e. The number of para-hydroxylation sites is 3. The number of hydrogen-bond donors (Lipinski definition) is 6. The lowest BCUT2D eigenvalue weighted by Crippen LogP contribution is -2.34. The number of fused-ring (bicyclic) bond motifs is 1. The van der Waals surface area contributed by atoms with Crippen LogP contribution >= 0.6 is 0 Å². The molecule has 3 aliphatic rings. The van der Waals surface area contributed by atoms with Gasteiger partial charge in [-0.25, -0.2) is 24.0 Å². The maximum absolute atomic E-state index is 11.8. The Labute approximate surface area is 584 Å². The molecule has 22 nitrogen and oxygen atoms in total. The lowest BCUT2D eigenvalue weighted by Gasteiger charge is -2.22. The van der Waals surface area contributed by atoms with E-state index in [1.54, 1.807) is 128 Å². The summed E-state index contributed by atoms with van der Waals surface area (Å²) in [4.78, 5) is 128. The number of carbonyl (C=O) groups is 11. The van der Waals surface area contributed by atoms with Crippen LogP contribution in [-0.4, -0.2) is 148 Å². The molecule has 0 bridgehead atoms. The number of halogens is 6. The summed E-state index contributed by atoms with van der Waals surface area (Å²) < 4.78 is 69.6. The molecule has 4 aromatic carbocycles. The van der Waals surface area contributed by atoms with Gasteiger partial charge in [-0.2, -0.15) is 31.4 Å². The van der Waals surface area contributed by atoms with Gasteiger partial charge in [0.15, 0.2) is 11.6 Å². The van der Waals surface area contributed by atoms with Gasteiger partial charge in [0.1, 0.15) is 57.8 Å². The third kappa shape index (κ3) is 36.8. The number of aromatic carboxylic acids is 1. The van der Waals surface area contributed by atoms with Crippen LogP contribution in [0.3, 0.4) is 0 Å². The summed E-state index contributed by atoms with van der Waals surface area (Å²) in [5.74, 6) is -7.97. The number of carbonyl (C=O) groups excluding carboxylic acids is 8. The Kier molecular flexibility index (Phi) is 38.4. The zero-order chi connectivity index (χ0) is 77.4. The van der Waals surface area contributed by atoms with E-state index >= 15 is 0 Å². The highest BCUT2D eigenvalue weighted by molar-refractivity contribution is 6.13. The van der Waals surface area contributed by atoms with Gasteiger partial charge in [-0.1, -0.05) is 163 Å². The Hall–Kier alpha value is -11.7. The molecule has 6 N–H and O–H groups in total. The number of allylic oxidation sites excluding steroid dienone is 4. The molecule has 6 aromatic rings. The number of pyridine rings is 1. The van der Waals surface area contributed by atoms with Crippen molar-refractivity contribution in [3.05, 3.63) is 222 Å². The molecule has 0 fully saturated rings. The molecule has 0 saturated carbocycles. The number of aliphatic imine (C=N–C) groups is 2. The molecule has 1 aliphatic carbocycles. The summed E-state index contributed by atoms with van der Waals surface area (Å²) in [6.45, 7) is 13.8. The Morgan fingerprint density at radius 2 is 1.06 bits per heavy atom. The molecule has 2 unspecified atom stereocenters. The van der Waals surface area contributed by atoms with Crippen LogP contribution in [0.1, 0.15) is 131 Å². The number of alkyl halides is 6. The Morgan fingerprint density at radius 3 is 1.43 bits per heavy atom. The number of aliphatic carboxylic acids is 2. The normalized spacial score (nSPS) is 13.6. The largest absolute Gasteiger partial charge is 0.507 e. The third-order valence-electron chi connectivity index (χ3n) is 12.9. The lowest BCUT2D eigenvalue weighted by atomic mass is 9.82. The van der Waals surface area contributed by atoms with Crippen LogP contribution in [0.4, 0.5) is 26.3 Å². The number of aromatic hydroxyl groups is 2. The Bertz CT molecular complexity index is 3790. The molecule has 4 heterocycles. The number of nitrogens with one attached hydrogen (secondary N) is 1. The maximum atomic E-state index is 11.8. The number of hydrogen-bond acceptors (Lipinski definition) is 18. The second-order valence-corrected chi connectivity index (χ2v) is 23.5. The molecular weight excluding hydrogens is 1340 g/mol. The highest BCUT2D eigenvalue weighted by Crippen LogP contribution is 2.25. The fourth-order valence-electron chi connectivity index (χ4n) is 7.34. The number of carboxylic acids is 3. The van der Waals surface area contributed by atoms with Crippen molar-refractivity contribution in [1.29, 1.82) is 0 Å². The van der Waals surface area contributed by atoms with E-state index in [-0.39, 0.29) is 82.9 Å². The number of phenols is 2. The van der Waals surface area contributed by atoms with Crippen molar-refractivity contribution in [1.82, 2.24) is 20.1 Å². The van der Waals surface area contributed by atoms with Gasteiger partial charge in [0, 0.05) is 59.4 Å². The van der Waals surface area contributed by atoms with Gasteiger partial charge >= 0.3 is 30.3 Å². The van der Waals surface area contributed by atoms with Gasteiger partial charge in [0.2, 0.25) is 11.6 Å². The molecule has 2 aliphatic heterocycles. The van der Waals surface area contributed by atoms with Gasteiger partial charge in [0.25, 0.3) is 0 Å². The number of carboxylic acid groups (broad SMARTS) is 3. The van der Waals surface area contributed by atoms with Crippen molar-refractivity contribution in [2.75, 3.05) is 7.05 Å². The van der Waals surface area contributed by atoms with Crippen molar-refractivity contribution in [2.45, 2.75) is 118 Å². The van der Waals surface area contributed by atoms with Crippen molar-refractivity contribution in [3.8, 4) is 17.2 Å². The summed E-state index contributed by atoms with van der Waals surface area (Å²) in [6.07, 6.45) is 7.90. The second kappa shape index (κ2) is 44.3. The van der Waals surface area contributed by atoms with Crippen molar-refractivity contribution >= 4 is 76.6 Å². The summed E-state index contributed by atoms with van der Waals surface area (Å²) in [5, 5.41) is 50.8. The van der Waals surface area contributed by atoms with E-state index in [2.05, 4.69) is 25.4 Å².